The van der Waals surface area contributed by atoms with Gasteiger partial charge in [-0.05, 0) is 55.0 Å². The number of carbonyl (C=O) groups excluding carboxylic acids is 1. The second-order valence-electron chi connectivity index (χ2n) is 9.80. The minimum atomic E-state index is -0.784. The van der Waals surface area contributed by atoms with E-state index >= 15 is 0 Å². The van der Waals surface area contributed by atoms with E-state index in [-0.39, 0.29) is 25.1 Å². The fourth-order valence-corrected chi connectivity index (χ4v) is 5.30. The molecule has 0 bridgehead atoms. The Morgan fingerprint density at radius 1 is 1.34 bits per heavy atom. The number of amides is 1. The third-order valence-corrected chi connectivity index (χ3v) is 7.35. The number of nitrogens with zero attached hydrogens (tertiary/aromatic N) is 3. The van der Waals surface area contributed by atoms with Crippen LogP contribution >= 0.6 is 11.6 Å². The zero-order valence-corrected chi connectivity index (χ0v) is 21.7. The molecule has 11 heteroatoms. The lowest BCUT2D eigenvalue weighted by Crippen LogP contribution is -2.42. The number of alkyl halides is 1. The highest BCUT2D eigenvalue weighted by Gasteiger charge is 2.25. The smallest absolute Gasteiger partial charge is 0.251 e. The van der Waals surface area contributed by atoms with Gasteiger partial charge >= 0.3 is 0 Å². The van der Waals surface area contributed by atoms with Gasteiger partial charge in [0.05, 0.1) is 17.3 Å². The summed E-state index contributed by atoms with van der Waals surface area (Å²) in [5.74, 6) is 1.47. The minimum absolute atomic E-state index is 0.0283. The summed E-state index contributed by atoms with van der Waals surface area (Å²) in [6.07, 6.45) is 5.46. The molecule has 1 saturated carbocycles. The third-order valence-electron chi connectivity index (χ3n) is 6.94. The lowest BCUT2D eigenvalue weighted by molar-refractivity contribution is 0.0841. The highest BCUT2D eigenvalue weighted by Crippen LogP contribution is 2.34. The summed E-state index contributed by atoms with van der Waals surface area (Å²) >= 11 is 6.62. The molecule has 9 nitrogen and oxygen atoms in total. The zero-order chi connectivity index (χ0) is 26.5. The standard InChI is InChI=1S/C27H31ClFN5O4/c28-26-23-6-8-34(13-18(23)1-4-24(26)37-15-22-12-30-16-38-22)14-21(35)11-32-27(36)17-5-7-31-25(9-17)33-20-3-2-19(29)10-20/h1,4-5,7,9,12,16,19-21,35H,2-3,6,8,10-11,13-15H2,(H,31,33)(H,32,36). The summed E-state index contributed by atoms with van der Waals surface area (Å²) in [7, 11) is 0. The molecule has 202 valence electrons. The van der Waals surface area contributed by atoms with E-state index in [2.05, 4.69) is 25.5 Å². The number of rotatable bonds is 10. The summed E-state index contributed by atoms with van der Waals surface area (Å²) in [5, 5.41) is 17.2. The van der Waals surface area contributed by atoms with Gasteiger partial charge in [0.1, 0.15) is 24.3 Å². The van der Waals surface area contributed by atoms with Gasteiger partial charge in [0.25, 0.3) is 5.91 Å². The van der Waals surface area contributed by atoms with Gasteiger partial charge in [-0.1, -0.05) is 17.7 Å². The first-order valence-electron chi connectivity index (χ1n) is 12.8. The molecule has 1 fully saturated rings. The number of aliphatic hydroxyl groups excluding tert-OH is 1. The molecule has 3 aromatic rings. The van der Waals surface area contributed by atoms with Crippen LogP contribution in [0.25, 0.3) is 0 Å². The van der Waals surface area contributed by atoms with Gasteiger partial charge in [0, 0.05) is 44.0 Å². The van der Waals surface area contributed by atoms with Crippen LogP contribution < -0.4 is 15.4 Å². The molecular weight excluding hydrogens is 513 g/mol. The van der Waals surface area contributed by atoms with Gasteiger partial charge in [-0.25, -0.2) is 14.4 Å². The number of halogens is 2. The fraction of sp³-hybridized carbons (Fsp3) is 0.444. The van der Waals surface area contributed by atoms with Crippen LogP contribution in [0.2, 0.25) is 5.02 Å². The Morgan fingerprint density at radius 3 is 3.03 bits per heavy atom. The van der Waals surface area contributed by atoms with E-state index in [0.29, 0.717) is 53.8 Å². The average molecular weight is 544 g/mol. The second-order valence-corrected chi connectivity index (χ2v) is 10.2. The Balaban J connectivity index is 1.09. The lowest BCUT2D eigenvalue weighted by atomic mass is 9.99. The zero-order valence-electron chi connectivity index (χ0n) is 20.9. The maximum atomic E-state index is 13.4. The summed E-state index contributed by atoms with van der Waals surface area (Å²) in [5.41, 5.74) is 2.57. The van der Waals surface area contributed by atoms with Crippen LogP contribution in [0.1, 0.15) is 46.5 Å². The molecule has 1 aliphatic carbocycles. The van der Waals surface area contributed by atoms with Crippen molar-refractivity contribution in [1.29, 1.82) is 0 Å². The molecule has 0 spiro atoms. The number of aromatic nitrogens is 2. The van der Waals surface area contributed by atoms with E-state index in [1.54, 1.807) is 24.5 Å². The molecule has 2 aromatic heterocycles. The van der Waals surface area contributed by atoms with Crippen LogP contribution in [0.5, 0.6) is 5.75 Å². The van der Waals surface area contributed by atoms with E-state index < -0.39 is 12.3 Å². The number of nitrogens with one attached hydrogen (secondary N) is 2. The Bertz CT molecular complexity index is 1240. The number of fused-ring (bicyclic) bond motifs is 1. The topological polar surface area (TPSA) is 113 Å². The van der Waals surface area contributed by atoms with Gasteiger partial charge in [-0.2, -0.15) is 0 Å². The molecule has 3 unspecified atom stereocenters. The molecule has 0 saturated heterocycles. The largest absolute Gasteiger partial charge is 0.484 e. The molecule has 1 aromatic carbocycles. The Labute approximate surface area is 225 Å². The highest BCUT2D eigenvalue weighted by molar-refractivity contribution is 6.33. The molecule has 0 radical (unpaired) electrons. The second kappa shape index (κ2) is 12.1. The van der Waals surface area contributed by atoms with Crippen molar-refractivity contribution in [2.24, 2.45) is 0 Å². The van der Waals surface area contributed by atoms with Crippen molar-refractivity contribution in [1.82, 2.24) is 20.2 Å². The molecule has 2 aliphatic rings. The molecule has 1 aliphatic heterocycles. The normalized spacial score (nSPS) is 20.1. The lowest BCUT2D eigenvalue weighted by Gasteiger charge is -2.31. The number of anilines is 1. The number of benzene rings is 1. The van der Waals surface area contributed by atoms with Crippen LogP contribution in [-0.2, 0) is 19.6 Å². The van der Waals surface area contributed by atoms with Gasteiger partial charge in [0.15, 0.2) is 12.2 Å². The Hall–Kier alpha value is -3.21. The number of oxazole rings is 1. The minimum Gasteiger partial charge on any atom is -0.484 e. The monoisotopic (exact) mass is 543 g/mol. The number of hydrogen-bond donors (Lipinski definition) is 3. The Morgan fingerprint density at radius 2 is 2.24 bits per heavy atom. The van der Waals surface area contributed by atoms with Crippen LogP contribution in [0.15, 0.2) is 47.5 Å². The number of aliphatic hydroxyl groups is 1. The van der Waals surface area contributed by atoms with Gasteiger partial charge in [-0.15, -0.1) is 0 Å². The van der Waals surface area contributed by atoms with Crippen molar-refractivity contribution in [2.75, 3.05) is 25.0 Å². The number of β-amino-alcohol motifs (C(OH)–C–C–N with tert-alkyl or cyclic N) is 1. The summed E-state index contributed by atoms with van der Waals surface area (Å²) in [4.78, 5) is 22.9. The van der Waals surface area contributed by atoms with Crippen molar-refractivity contribution in [2.45, 2.75) is 57.2 Å². The molecule has 3 N–H and O–H groups in total. The quantitative estimate of drug-likeness (QED) is 0.354. The van der Waals surface area contributed by atoms with E-state index in [1.807, 2.05) is 12.1 Å². The number of ether oxygens (including phenoxy) is 1. The third kappa shape index (κ3) is 6.61. The van der Waals surface area contributed by atoms with Gasteiger partial charge in [0.2, 0.25) is 0 Å². The molecule has 3 atom stereocenters. The van der Waals surface area contributed by atoms with E-state index in [9.17, 15) is 14.3 Å². The first-order chi connectivity index (χ1) is 18.4. The van der Waals surface area contributed by atoms with Crippen LogP contribution in [0.4, 0.5) is 10.2 Å². The Kier molecular flexibility index (Phi) is 8.41. The van der Waals surface area contributed by atoms with E-state index in [1.165, 1.54) is 6.39 Å². The predicted molar refractivity (Wildman–Crippen MR) is 140 cm³/mol. The average Bonchev–Trinajstić information content (AvgIpc) is 3.58. The van der Waals surface area contributed by atoms with E-state index in [0.717, 1.165) is 30.5 Å². The molecule has 1 amide bonds. The van der Waals surface area contributed by atoms with Crippen molar-refractivity contribution < 1.29 is 23.4 Å². The highest BCUT2D eigenvalue weighted by atomic mass is 35.5. The predicted octanol–water partition coefficient (Wildman–Crippen LogP) is 3.75. The SMILES string of the molecule is O=C(NCC(O)CN1CCc2c(ccc(OCc3cnco3)c2Cl)C1)c1ccnc(NC2CCC(F)C2)c1. The van der Waals surface area contributed by atoms with Crippen LogP contribution in [0, 0.1) is 0 Å². The van der Waals surface area contributed by atoms with Crippen molar-refractivity contribution >= 4 is 23.3 Å². The summed E-state index contributed by atoms with van der Waals surface area (Å²) in [6.45, 7) is 2.15. The van der Waals surface area contributed by atoms with Gasteiger partial charge in [-0.3, -0.25) is 9.69 Å². The number of pyridine rings is 1. The maximum Gasteiger partial charge on any atom is 0.251 e. The first kappa shape index (κ1) is 26.4. The van der Waals surface area contributed by atoms with Crippen LogP contribution in [-0.4, -0.2) is 63.8 Å². The van der Waals surface area contributed by atoms with Crippen molar-refractivity contribution in [3.63, 3.8) is 0 Å². The molecule has 5 rings (SSSR count). The maximum absolute atomic E-state index is 13.4. The number of carbonyl (C=O) groups is 1. The molecule has 3 heterocycles. The first-order valence-corrected chi connectivity index (χ1v) is 13.2. The summed E-state index contributed by atoms with van der Waals surface area (Å²) in [6, 6.07) is 7.14. The number of hydrogen-bond acceptors (Lipinski definition) is 8. The van der Waals surface area contributed by atoms with Crippen molar-refractivity contribution in [3.05, 3.63) is 70.5 Å². The molecule has 38 heavy (non-hydrogen) atoms. The van der Waals surface area contributed by atoms with E-state index in [4.69, 9.17) is 20.8 Å². The van der Waals surface area contributed by atoms with Gasteiger partial charge < -0.3 is 24.9 Å². The van der Waals surface area contributed by atoms with Crippen LogP contribution in [0.3, 0.4) is 0 Å². The van der Waals surface area contributed by atoms with Crippen molar-refractivity contribution in [3.8, 4) is 5.75 Å². The summed E-state index contributed by atoms with van der Waals surface area (Å²) < 4.78 is 24.4. The molecular formula is C27H31ClFN5O4. The fourth-order valence-electron chi connectivity index (χ4n) is 4.97.